The third-order valence-corrected chi connectivity index (χ3v) is 4.37. The number of carbonyl (C=O) groups excluding carboxylic acids is 1. The first-order chi connectivity index (χ1) is 13.9. The van der Waals surface area contributed by atoms with Crippen LogP contribution in [0.2, 0.25) is 0 Å². The molecule has 0 aliphatic rings. The van der Waals surface area contributed by atoms with Crippen LogP contribution in [0.1, 0.15) is 5.56 Å². The third kappa shape index (κ3) is 3.96. The maximum atomic E-state index is 12.9. The molecule has 0 unspecified atom stereocenters. The predicted octanol–water partition coefficient (Wildman–Crippen LogP) is 4.76. The van der Waals surface area contributed by atoms with Gasteiger partial charge in [-0.05, 0) is 42.5 Å². The molecule has 4 rings (SSSR count). The van der Waals surface area contributed by atoms with Crippen LogP contribution in [0.25, 0.3) is 22.4 Å². The fourth-order valence-corrected chi connectivity index (χ4v) is 3.07. The van der Waals surface area contributed by atoms with Crippen LogP contribution >= 0.6 is 0 Å². The summed E-state index contributed by atoms with van der Waals surface area (Å²) in [6.07, 6.45) is -1.22. The van der Waals surface area contributed by atoms with Crippen LogP contribution in [0.4, 0.5) is 18.9 Å². The molecule has 1 N–H and O–H groups in total. The standard InChI is InChI=1S/C21H15F3N4O/c22-21(23,24)15-4-3-5-16(12-15)26-19(29)13-28-18-7-2-1-6-17(18)27-20(28)14-8-10-25-11-9-14/h1-12H,13H2,(H,26,29). The van der Waals surface area contributed by atoms with Crippen LogP contribution in [-0.4, -0.2) is 20.4 Å². The van der Waals surface area contributed by atoms with E-state index in [0.29, 0.717) is 11.3 Å². The summed E-state index contributed by atoms with van der Waals surface area (Å²) < 4.78 is 40.4. The van der Waals surface area contributed by atoms with Gasteiger partial charge in [-0.1, -0.05) is 18.2 Å². The number of imidazole rings is 1. The Hall–Kier alpha value is -3.68. The van der Waals surface area contributed by atoms with Crippen molar-refractivity contribution >= 4 is 22.6 Å². The fraction of sp³-hybridized carbons (Fsp3) is 0.0952. The van der Waals surface area contributed by atoms with E-state index in [1.165, 1.54) is 12.1 Å². The van der Waals surface area contributed by atoms with Gasteiger partial charge < -0.3 is 9.88 Å². The van der Waals surface area contributed by atoms with Gasteiger partial charge in [-0.2, -0.15) is 13.2 Å². The Morgan fingerprint density at radius 1 is 1.00 bits per heavy atom. The molecule has 0 bridgehead atoms. The average molecular weight is 396 g/mol. The second-order valence-corrected chi connectivity index (χ2v) is 6.37. The number of carbonyl (C=O) groups is 1. The number of benzene rings is 2. The number of nitrogens with one attached hydrogen (secondary N) is 1. The van der Waals surface area contributed by atoms with Gasteiger partial charge in [0.05, 0.1) is 16.6 Å². The zero-order chi connectivity index (χ0) is 20.4. The fourth-order valence-electron chi connectivity index (χ4n) is 3.07. The van der Waals surface area contributed by atoms with Gasteiger partial charge in [0.25, 0.3) is 0 Å². The molecule has 0 spiro atoms. The van der Waals surface area contributed by atoms with E-state index in [2.05, 4.69) is 15.3 Å². The zero-order valence-corrected chi connectivity index (χ0v) is 15.0. The van der Waals surface area contributed by atoms with Gasteiger partial charge in [0.1, 0.15) is 12.4 Å². The van der Waals surface area contributed by atoms with E-state index in [1.807, 2.05) is 24.3 Å². The maximum Gasteiger partial charge on any atom is 0.416 e. The molecular weight excluding hydrogens is 381 g/mol. The van der Waals surface area contributed by atoms with E-state index in [-0.39, 0.29) is 12.2 Å². The van der Waals surface area contributed by atoms with Gasteiger partial charge in [-0.3, -0.25) is 9.78 Å². The number of hydrogen-bond acceptors (Lipinski definition) is 3. The molecule has 2 aromatic carbocycles. The lowest BCUT2D eigenvalue weighted by molar-refractivity contribution is -0.137. The van der Waals surface area contributed by atoms with Crippen molar-refractivity contribution in [2.75, 3.05) is 5.32 Å². The minimum Gasteiger partial charge on any atom is -0.325 e. The van der Waals surface area contributed by atoms with E-state index >= 15 is 0 Å². The van der Waals surface area contributed by atoms with Crippen molar-refractivity contribution in [3.63, 3.8) is 0 Å². The number of halogens is 3. The van der Waals surface area contributed by atoms with Crippen LogP contribution in [0.5, 0.6) is 0 Å². The van der Waals surface area contributed by atoms with Crippen molar-refractivity contribution in [1.29, 1.82) is 0 Å². The Morgan fingerprint density at radius 3 is 2.52 bits per heavy atom. The average Bonchev–Trinajstić information content (AvgIpc) is 3.07. The topological polar surface area (TPSA) is 59.8 Å². The first kappa shape index (κ1) is 18.7. The molecule has 5 nitrogen and oxygen atoms in total. The highest BCUT2D eigenvalue weighted by molar-refractivity contribution is 5.92. The van der Waals surface area contributed by atoms with Crippen molar-refractivity contribution < 1.29 is 18.0 Å². The van der Waals surface area contributed by atoms with E-state index in [1.54, 1.807) is 29.1 Å². The van der Waals surface area contributed by atoms with Crippen molar-refractivity contribution in [2.45, 2.75) is 12.7 Å². The zero-order valence-electron chi connectivity index (χ0n) is 15.0. The van der Waals surface area contributed by atoms with Crippen LogP contribution in [0, 0.1) is 0 Å². The molecule has 0 fully saturated rings. The van der Waals surface area contributed by atoms with E-state index in [9.17, 15) is 18.0 Å². The van der Waals surface area contributed by atoms with Crippen LogP contribution < -0.4 is 5.32 Å². The molecule has 0 atom stereocenters. The van der Waals surface area contributed by atoms with Crippen molar-refractivity contribution in [2.24, 2.45) is 0 Å². The molecule has 2 heterocycles. The molecule has 0 aliphatic carbocycles. The number of nitrogens with zero attached hydrogens (tertiary/aromatic N) is 3. The molecule has 0 aliphatic heterocycles. The molecule has 2 aromatic heterocycles. The number of aromatic nitrogens is 3. The summed E-state index contributed by atoms with van der Waals surface area (Å²) in [5.74, 6) is 0.121. The largest absolute Gasteiger partial charge is 0.416 e. The number of pyridine rings is 1. The van der Waals surface area contributed by atoms with E-state index in [0.717, 1.165) is 23.2 Å². The Balaban J connectivity index is 1.65. The minimum atomic E-state index is -4.48. The summed E-state index contributed by atoms with van der Waals surface area (Å²) in [5.41, 5.74) is 1.51. The Morgan fingerprint density at radius 2 is 1.76 bits per heavy atom. The third-order valence-electron chi connectivity index (χ3n) is 4.37. The summed E-state index contributed by atoms with van der Waals surface area (Å²) in [4.78, 5) is 21.2. The van der Waals surface area contributed by atoms with Crippen LogP contribution in [0.15, 0.2) is 73.1 Å². The molecule has 29 heavy (non-hydrogen) atoms. The highest BCUT2D eigenvalue weighted by atomic mass is 19.4. The SMILES string of the molecule is O=C(Cn1c(-c2ccncc2)nc2ccccc21)Nc1cccc(C(F)(F)F)c1. The van der Waals surface area contributed by atoms with Gasteiger partial charge in [-0.25, -0.2) is 4.98 Å². The monoisotopic (exact) mass is 396 g/mol. The van der Waals surface area contributed by atoms with Gasteiger partial charge >= 0.3 is 6.18 Å². The van der Waals surface area contributed by atoms with Gasteiger partial charge in [0.15, 0.2) is 0 Å². The quantitative estimate of drug-likeness (QED) is 0.541. The molecule has 1 amide bonds. The smallest absolute Gasteiger partial charge is 0.325 e. The van der Waals surface area contributed by atoms with E-state index in [4.69, 9.17) is 0 Å². The Labute approximate surface area is 163 Å². The molecule has 0 saturated heterocycles. The summed E-state index contributed by atoms with van der Waals surface area (Å²) in [6, 6.07) is 15.5. The lowest BCUT2D eigenvalue weighted by atomic mass is 10.2. The number of rotatable bonds is 4. The van der Waals surface area contributed by atoms with Crippen molar-refractivity contribution in [3.05, 3.63) is 78.6 Å². The molecular formula is C21H15F3N4O. The number of alkyl halides is 3. The molecule has 8 heteroatoms. The molecule has 146 valence electrons. The van der Waals surface area contributed by atoms with Crippen LogP contribution in [-0.2, 0) is 17.5 Å². The van der Waals surface area contributed by atoms with E-state index < -0.39 is 17.6 Å². The molecule has 4 aromatic rings. The van der Waals surface area contributed by atoms with Gasteiger partial charge in [-0.15, -0.1) is 0 Å². The first-order valence-electron chi connectivity index (χ1n) is 8.74. The number of para-hydroxylation sites is 2. The second kappa shape index (κ2) is 7.38. The number of fused-ring (bicyclic) bond motifs is 1. The second-order valence-electron chi connectivity index (χ2n) is 6.37. The summed E-state index contributed by atoms with van der Waals surface area (Å²) in [6.45, 7) is -0.103. The Bertz CT molecular complexity index is 1170. The highest BCUT2D eigenvalue weighted by Gasteiger charge is 2.30. The maximum absolute atomic E-state index is 12.9. The normalized spacial score (nSPS) is 11.6. The lowest BCUT2D eigenvalue weighted by Crippen LogP contribution is -2.19. The number of amides is 1. The summed E-state index contributed by atoms with van der Waals surface area (Å²) >= 11 is 0. The van der Waals surface area contributed by atoms with Gasteiger partial charge in [0.2, 0.25) is 5.91 Å². The number of hydrogen-bond donors (Lipinski definition) is 1. The Kier molecular flexibility index (Phi) is 4.75. The lowest BCUT2D eigenvalue weighted by Gasteiger charge is -2.12. The minimum absolute atomic E-state index is 0.0831. The summed E-state index contributed by atoms with van der Waals surface area (Å²) in [7, 11) is 0. The number of anilines is 1. The van der Waals surface area contributed by atoms with Crippen LogP contribution in [0.3, 0.4) is 0 Å². The molecule has 0 saturated carbocycles. The first-order valence-corrected chi connectivity index (χ1v) is 8.74. The summed E-state index contributed by atoms with van der Waals surface area (Å²) in [5, 5.41) is 2.54. The van der Waals surface area contributed by atoms with Gasteiger partial charge in [0, 0.05) is 23.6 Å². The molecule has 0 radical (unpaired) electrons. The highest BCUT2D eigenvalue weighted by Crippen LogP contribution is 2.31. The van der Waals surface area contributed by atoms with Crippen molar-refractivity contribution in [1.82, 2.24) is 14.5 Å². The van der Waals surface area contributed by atoms with Crippen molar-refractivity contribution in [3.8, 4) is 11.4 Å². The predicted molar refractivity (Wildman–Crippen MR) is 103 cm³/mol.